The Kier molecular flexibility index (Phi) is 10.8. The van der Waals surface area contributed by atoms with Gasteiger partial charge in [0.15, 0.2) is 11.5 Å². The Morgan fingerprint density at radius 2 is 1.69 bits per heavy atom. The summed E-state index contributed by atoms with van der Waals surface area (Å²) in [4.78, 5) is 13.3. The van der Waals surface area contributed by atoms with Crippen molar-refractivity contribution in [3.8, 4) is 17.2 Å². The molecular formula is C34H42F2N2O4. The molecule has 1 saturated heterocycles. The summed E-state index contributed by atoms with van der Waals surface area (Å²) in [5.41, 5.74) is 6.09. The highest BCUT2D eigenvalue weighted by atomic mass is 19.1. The lowest BCUT2D eigenvalue weighted by atomic mass is 9.90. The predicted molar refractivity (Wildman–Crippen MR) is 162 cm³/mol. The van der Waals surface area contributed by atoms with Gasteiger partial charge in [-0.1, -0.05) is 26.8 Å². The fourth-order valence-electron chi connectivity index (χ4n) is 5.94. The van der Waals surface area contributed by atoms with Crippen LogP contribution in [0.5, 0.6) is 17.2 Å². The lowest BCUT2D eigenvalue weighted by molar-refractivity contribution is -0.109. The van der Waals surface area contributed by atoms with Gasteiger partial charge in [0.25, 0.3) is 0 Å². The van der Waals surface area contributed by atoms with Crippen LogP contribution in [0.4, 0.5) is 14.5 Å². The maximum atomic E-state index is 14.9. The molecule has 3 aromatic carbocycles. The molecule has 2 aliphatic rings. The van der Waals surface area contributed by atoms with Crippen LogP contribution in [0.2, 0.25) is 0 Å². The molecule has 0 bridgehead atoms. The zero-order chi connectivity index (χ0) is 30.2. The first kappa shape index (κ1) is 31.3. The third-order valence-corrected chi connectivity index (χ3v) is 8.00. The van der Waals surface area contributed by atoms with Crippen LogP contribution < -0.4 is 19.5 Å². The maximum Gasteiger partial charge on any atom is 0.231 e. The number of anilines is 1. The van der Waals surface area contributed by atoms with Crippen molar-refractivity contribution < 1.29 is 27.8 Å². The van der Waals surface area contributed by atoms with Crippen molar-refractivity contribution >= 4 is 12.0 Å². The fourth-order valence-corrected chi connectivity index (χ4v) is 5.94. The predicted octanol–water partition coefficient (Wildman–Crippen LogP) is 7.37. The number of nitrogens with one attached hydrogen (secondary N) is 1. The van der Waals surface area contributed by atoms with Crippen molar-refractivity contribution in [2.45, 2.75) is 65.3 Å². The second kappa shape index (κ2) is 14.5. The minimum atomic E-state index is -0.289. The van der Waals surface area contributed by atoms with E-state index in [0.29, 0.717) is 24.5 Å². The average Bonchev–Trinajstić information content (AvgIpc) is 3.62. The van der Waals surface area contributed by atoms with Gasteiger partial charge in [0.1, 0.15) is 23.7 Å². The number of hydrogen-bond acceptors (Lipinski definition) is 6. The Morgan fingerprint density at radius 3 is 2.29 bits per heavy atom. The summed E-state index contributed by atoms with van der Waals surface area (Å²) in [5, 5.41) is 3.13. The fraction of sp³-hybridized carbons (Fsp3) is 0.441. The Morgan fingerprint density at radius 1 is 1.00 bits per heavy atom. The van der Waals surface area contributed by atoms with E-state index in [0.717, 1.165) is 71.4 Å². The lowest BCUT2D eigenvalue weighted by Crippen LogP contribution is -2.26. The van der Waals surface area contributed by atoms with Gasteiger partial charge in [-0.05, 0) is 91.1 Å². The maximum absolute atomic E-state index is 14.9. The number of carbonyl (C=O) groups excluding carboxylic acids is 1. The number of fused-ring (bicyclic) bond motifs is 1. The zero-order valence-corrected chi connectivity index (χ0v) is 25.3. The number of hydrogen-bond donors (Lipinski definition) is 1. The van der Waals surface area contributed by atoms with Gasteiger partial charge in [0, 0.05) is 37.0 Å². The van der Waals surface area contributed by atoms with Crippen LogP contribution >= 0.6 is 0 Å². The molecule has 0 aromatic heterocycles. The van der Waals surface area contributed by atoms with E-state index in [-0.39, 0.29) is 36.9 Å². The molecule has 6 nitrogen and oxygen atoms in total. The van der Waals surface area contributed by atoms with E-state index in [9.17, 15) is 13.6 Å². The van der Waals surface area contributed by atoms with Crippen molar-refractivity contribution in [1.82, 2.24) is 4.90 Å². The van der Waals surface area contributed by atoms with E-state index in [4.69, 9.17) is 14.2 Å². The number of aryl methyl sites for hydroxylation is 3. The highest BCUT2D eigenvalue weighted by molar-refractivity contribution is 5.57. The Hall–Kier alpha value is -3.65. The van der Waals surface area contributed by atoms with Gasteiger partial charge in [-0.15, -0.1) is 0 Å². The molecule has 0 spiro atoms. The number of aldehydes is 1. The molecule has 226 valence electrons. The molecule has 0 amide bonds. The third-order valence-electron chi connectivity index (χ3n) is 8.00. The van der Waals surface area contributed by atoms with E-state index in [1.54, 1.807) is 18.2 Å². The van der Waals surface area contributed by atoms with E-state index in [1.165, 1.54) is 6.07 Å². The van der Waals surface area contributed by atoms with E-state index < -0.39 is 0 Å². The number of rotatable bonds is 10. The van der Waals surface area contributed by atoms with Crippen LogP contribution in [0.1, 0.15) is 73.4 Å². The molecule has 8 heteroatoms. The average molecular weight is 581 g/mol. The first-order valence-electron chi connectivity index (χ1n) is 14.8. The van der Waals surface area contributed by atoms with Crippen molar-refractivity contribution in [2.24, 2.45) is 0 Å². The molecule has 1 fully saturated rings. The van der Waals surface area contributed by atoms with Crippen molar-refractivity contribution in [3.05, 3.63) is 81.9 Å². The van der Waals surface area contributed by atoms with Gasteiger partial charge in [-0.25, -0.2) is 8.78 Å². The largest absolute Gasteiger partial charge is 0.494 e. The first-order valence-corrected chi connectivity index (χ1v) is 14.8. The number of benzene rings is 3. The highest BCUT2D eigenvalue weighted by Crippen LogP contribution is 2.45. The monoisotopic (exact) mass is 580 g/mol. The van der Waals surface area contributed by atoms with Crippen molar-refractivity contribution in [2.75, 3.05) is 38.9 Å². The summed E-state index contributed by atoms with van der Waals surface area (Å²) < 4.78 is 44.5. The molecule has 42 heavy (non-hydrogen) atoms. The lowest BCUT2D eigenvalue weighted by Gasteiger charge is -2.23. The standard InChI is InChI=1S/C23H26FNO4.C11H16FN/c1-3-8-27-17-4-5-18(20(24)11-17)21-10-16(13-25(21)6-7-26)19-12-23-22(9-15(19)2)28-14-29-23;1-4-8-6-10(12)7-9(5-2)11(8)13-3/h4-5,7,9,11-12,16,21H,3,6,8,10,13-14H2,1-2H3;6-7,13H,4-5H2,1-3H3/t16?,21-;/m1./s1. The topological polar surface area (TPSA) is 60.0 Å². The quantitative estimate of drug-likeness (QED) is 0.253. The molecule has 0 aliphatic carbocycles. The first-order chi connectivity index (χ1) is 20.3. The normalized spacial score (nSPS) is 17.5. The zero-order valence-electron chi connectivity index (χ0n) is 25.3. The second-order valence-corrected chi connectivity index (χ2v) is 10.7. The van der Waals surface area contributed by atoms with Crippen LogP contribution in [-0.2, 0) is 17.6 Å². The summed E-state index contributed by atoms with van der Waals surface area (Å²) in [5.74, 6) is 1.81. The van der Waals surface area contributed by atoms with Crippen LogP contribution in [0.25, 0.3) is 0 Å². The summed E-state index contributed by atoms with van der Waals surface area (Å²) >= 11 is 0. The van der Waals surface area contributed by atoms with Gasteiger partial charge in [-0.2, -0.15) is 0 Å². The van der Waals surface area contributed by atoms with Gasteiger partial charge >= 0.3 is 0 Å². The summed E-state index contributed by atoms with van der Waals surface area (Å²) in [6.45, 7) is 9.90. The van der Waals surface area contributed by atoms with Crippen LogP contribution in [0.3, 0.4) is 0 Å². The van der Waals surface area contributed by atoms with Gasteiger partial charge in [0.2, 0.25) is 6.79 Å². The molecule has 5 rings (SSSR count). The van der Waals surface area contributed by atoms with Gasteiger partial charge in [-0.3, -0.25) is 4.90 Å². The second-order valence-electron chi connectivity index (χ2n) is 10.7. The highest BCUT2D eigenvalue weighted by Gasteiger charge is 2.36. The number of nitrogens with zero attached hydrogens (tertiary/aromatic N) is 1. The molecule has 2 aliphatic heterocycles. The smallest absolute Gasteiger partial charge is 0.231 e. The van der Waals surface area contributed by atoms with Crippen LogP contribution in [-0.4, -0.2) is 44.7 Å². The van der Waals surface area contributed by atoms with Crippen molar-refractivity contribution in [3.63, 3.8) is 0 Å². The summed E-state index contributed by atoms with van der Waals surface area (Å²) in [6.07, 6.45) is 4.22. The Labute approximate surface area is 248 Å². The number of ether oxygens (including phenoxy) is 3. The molecule has 0 saturated carbocycles. The third kappa shape index (κ3) is 7.04. The Balaban J connectivity index is 0.000000262. The van der Waals surface area contributed by atoms with Crippen molar-refractivity contribution in [1.29, 1.82) is 0 Å². The molecule has 2 atom stereocenters. The van der Waals surface area contributed by atoms with Gasteiger partial charge < -0.3 is 24.3 Å². The van der Waals surface area contributed by atoms with Crippen LogP contribution in [0.15, 0.2) is 42.5 Å². The van der Waals surface area contributed by atoms with E-state index in [2.05, 4.69) is 12.2 Å². The number of carbonyl (C=O) groups is 1. The Bertz CT molecular complexity index is 1350. The molecule has 3 aromatic rings. The molecule has 0 radical (unpaired) electrons. The molecular weight excluding hydrogens is 538 g/mol. The van der Waals surface area contributed by atoms with Crippen LogP contribution in [0, 0.1) is 18.6 Å². The molecule has 1 unspecified atom stereocenters. The molecule has 1 N–H and O–H groups in total. The molecule has 2 heterocycles. The minimum absolute atomic E-state index is 0.132. The SMILES string of the molecule is CCCOc1ccc([C@H]2CC(c3cc4c(cc3C)OCO4)CN2CC=O)c(F)c1.CCc1cc(F)cc(CC)c1NC. The summed E-state index contributed by atoms with van der Waals surface area (Å²) in [6, 6.07) is 12.1. The van der Waals surface area contributed by atoms with E-state index in [1.807, 2.05) is 50.9 Å². The number of likely N-dealkylation sites (tertiary alicyclic amines) is 1. The summed E-state index contributed by atoms with van der Waals surface area (Å²) in [7, 11) is 1.88. The number of halogens is 2. The minimum Gasteiger partial charge on any atom is -0.494 e. The van der Waals surface area contributed by atoms with E-state index >= 15 is 0 Å². The van der Waals surface area contributed by atoms with Gasteiger partial charge in [0.05, 0.1) is 13.2 Å².